The van der Waals surface area contributed by atoms with Gasteiger partial charge in [0, 0.05) is 55.0 Å². The molecule has 0 saturated carbocycles. The highest BCUT2D eigenvalue weighted by atomic mass is 35.5. The molecule has 2 aromatic rings. The van der Waals surface area contributed by atoms with E-state index >= 15 is 0 Å². The lowest BCUT2D eigenvalue weighted by Gasteiger charge is -2.36. The molecule has 0 unspecified atom stereocenters. The van der Waals surface area contributed by atoms with E-state index in [1.54, 1.807) is 0 Å². The first kappa shape index (κ1) is 17.3. The van der Waals surface area contributed by atoms with E-state index in [0.29, 0.717) is 0 Å². The normalized spacial score (nSPS) is 21.8. The maximum atomic E-state index is 10.4. The Balaban J connectivity index is 1.60. The van der Waals surface area contributed by atoms with Crippen molar-refractivity contribution in [3.8, 4) is 0 Å². The first-order valence-corrected chi connectivity index (χ1v) is 8.96. The zero-order chi connectivity index (χ0) is 16.9. The van der Waals surface area contributed by atoms with Gasteiger partial charge in [0.25, 0.3) is 0 Å². The highest BCUT2D eigenvalue weighted by Gasteiger charge is 2.27. The molecule has 0 aliphatic carbocycles. The summed E-state index contributed by atoms with van der Waals surface area (Å²) in [5, 5.41) is 11.1. The predicted octanol–water partition coefficient (Wildman–Crippen LogP) is 3.12. The Labute approximate surface area is 148 Å². The van der Waals surface area contributed by atoms with Gasteiger partial charge in [0.2, 0.25) is 0 Å². The molecule has 1 aromatic heterocycles. The molecule has 1 aliphatic rings. The summed E-state index contributed by atoms with van der Waals surface area (Å²) >= 11 is 5.95. The zero-order valence-electron chi connectivity index (χ0n) is 14.0. The number of rotatable bonds is 5. The lowest BCUT2D eigenvalue weighted by molar-refractivity contribution is 0.0238. The van der Waals surface area contributed by atoms with Gasteiger partial charge in [0.15, 0.2) is 0 Å². The van der Waals surface area contributed by atoms with Gasteiger partial charge in [-0.2, -0.15) is 0 Å². The van der Waals surface area contributed by atoms with Gasteiger partial charge in [0.1, 0.15) is 5.82 Å². The highest BCUT2D eigenvalue weighted by molar-refractivity contribution is 6.30. The summed E-state index contributed by atoms with van der Waals surface area (Å²) in [6, 6.07) is 7.92. The number of aliphatic hydroxyl groups excluding tert-OH is 1. The number of aliphatic hydroxyl groups is 1. The Morgan fingerprint density at radius 2 is 1.88 bits per heavy atom. The molecule has 4 nitrogen and oxygen atoms in total. The predicted molar refractivity (Wildman–Crippen MR) is 96.0 cm³/mol. The monoisotopic (exact) mass is 345 g/mol. The highest BCUT2D eigenvalue weighted by Crippen LogP contribution is 2.23. The van der Waals surface area contributed by atoms with Gasteiger partial charge < -0.3 is 5.11 Å². The summed E-state index contributed by atoms with van der Waals surface area (Å²) in [5.74, 6) is 1.13. The number of aryl methyl sites for hydroxylation is 1. The van der Waals surface area contributed by atoms with Crippen LogP contribution in [0.15, 0.2) is 36.7 Å². The lowest BCUT2D eigenvalue weighted by atomic mass is 9.88. The fourth-order valence-corrected chi connectivity index (χ4v) is 3.39. The molecule has 1 N–H and O–H groups in total. The Morgan fingerprint density at radius 3 is 2.54 bits per heavy atom. The van der Waals surface area contributed by atoms with Gasteiger partial charge in [-0.05, 0) is 30.5 Å². The van der Waals surface area contributed by atoms with Crippen LogP contribution in [0.2, 0.25) is 5.02 Å². The molecule has 1 aromatic carbocycles. The van der Waals surface area contributed by atoms with E-state index in [1.165, 1.54) is 5.56 Å². The van der Waals surface area contributed by atoms with E-state index in [1.807, 2.05) is 36.7 Å². The molecule has 0 bridgehead atoms. The maximum absolute atomic E-state index is 10.4. The fraction of sp³-hybridized carbons (Fsp3) is 0.474. The standard InChI is InChI=1S/C19H24ClN3O/c1-2-19-21-10-15(11-22-19)12-23-8-7-18(24)16(13-23)9-14-3-5-17(20)6-4-14/h3-6,10-11,16,18,24H,2,7-9,12-13H2,1H3/t16-,18+/m1/s1. The van der Waals surface area contributed by atoms with Crippen LogP contribution in [-0.2, 0) is 19.4 Å². The maximum Gasteiger partial charge on any atom is 0.127 e. The van der Waals surface area contributed by atoms with Crippen molar-refractivity contribution in [2.75, 3.05) is 13.1 Å². The zero-order valence-corrected chi connectivity index (χ0v) is 14.8. The molecule has 0 radical (unpaired) electrons. The van der Waals surface area contributed by atoms with Crippen molar-refractivity contribution in [3.05, 3.63) is 58.6 Å². The van der Waals surface area contributed by atoms with Crippen LogP contribution in [0.25, 0.3) is 0 Å². The van der Waals surface area contributed by atoms with Gasteiger partial charge in [-0.15, -0.1) is 0 Å². The van der Waals surface area contributed by atoms with Crippen molar-refractivity contribution in [2.24, 2.45) is 5.92 Å². The number of halogens is 1. The van der Waals surface area contributed by atoms with E-state index in [4.69, 9.17) is 11.6 Å². The average molecular weight is 346 g/mol. The second-order valence-electron chi connectivity index (χ2n) is 6.54. The summed E-state index contributed by atoms with van der Waals surface area (Å²) in [4.78, 5) is 11.1. The van der Waals surface area contributed by atoms with Crippen LogP contribution in [0.1, 0.15) is 30.3 Å². The third-order valence-electron chi connectivity index (χ3n) is 4.67. The molecule has 5 heteroatoms. The number of hydrogen-bond acceptors (Lipinski definition) is 4. The number of likely N-dealkylation sites (tertiary alicyclic amines) is 1. The van der Waals surface area contributed by atoms with Crippen LogP contribution in [0.4, 0.5) is 0 Å². The van der Waals surface area contributed by atoms with E-state index in [9.17, 15) is 5.11 Å². The first-order chi connectivity index (χ1) is 11.6. The van der Waals surface area contributed by atoms with E-state index in [-0.39, 0.29) is 12.0 Å². The third kappa shape index (κ3) is 4.53. The van der Waals surface area contributed by atoms with E-state index < -0.39 is 0 Å². The third-order valence-corrected chi connectivity index (χ3v) is 4.92. The van der Waals surface area contributed by atoms with Crippen molar-refractivity contribution in [2.45, 2.75) is 38.8 Å². The number of piperidine rings is 1. The molecular weight excluding hydrogens is 322 g/mol. The van der Waals surface area contributed by atoms with Gasteiger partial charge in [-0.3, -0.25) is 4.90 Å². The molecule has 24 heavy (non-hydrogen) atoms. The van der Waals surface area contributed by atoms with Gasteiger partial charge in [0.05, 0.1) is 6.10 Å². The fourth-order valence-electron chi connectivity index (χ4n) is 3.27. The van der Waals surface area contributed by atoms with Crippen LogP contribution >= 0.6 is 11.6 Å². The van der Waals surface area contributed by atoms with Crippen LogP contribution in [0.3, 0.4) is 0 Å². The van der Waals surface area contributed by atoms with Gasteiger partial charge in [-0.25, -0.2) is 9.97 Å². The number of hydrogen-bond donors (Lipinski definition) is 1. The summed E-state index contributed by atoms with van der Waals surface area (Å²) in [6.45, 7) is 4.70. The average Bonchev–Trinajstić information content (AvgIpc) is 2.60. The molecular formula is C19H24ClN3O. The number of nitrogens with zero attached hydrogens (tertiary/aromatic N) is 3. The SMILES string of the molecule is CCc1ncc(CN2CC[C@H](O)[C@H](Cc3ccc(Cl)cc3)C2)cn1. The van der Waals surface area contributed by atoms with Crippen LogP contribution in [-0.4, -0.2) is 39.2 Å². The lowest BCUT2D eigenvalue weighted by Crippen LogP contribution is -2.43. The van der Waals surface area contributed by atoms with E-state index in [2.05, 4.69) is 21.8 Å². The van der Waals surface area contributed by atoms with Gasteiger partial charge in [-0.1, -0.05) is 30.7 Å². The van der Waals surface area contributed by atoms with E-state index in [0.717, 1.165) is 55.3 Å². The topological polar surface area (TPSA) is 49.2 Å². The Hall–Kier alpha value is -1.49. The number of aromatic nitrogens is 2. The molecule has 0 spiro atoms. The quantitative estimate of drug-likeness (QED) is 0.904. The largest absolute Gasteiger partial charge is 0.393 e. The first-order valence-electron chi connectivity index (χ1n) is 8.58. The second-order valence-corrected chi connectivity index (χ2v) is 6.98. The smallest absolute Gasteiger partial charge is 0.127 e. The molecule has 128 valence electrons. The Kier molecular flexibility index (Phi) is 5.82. The van der Waals surface area contributed by atoms with Crippen LogP contribution < -0.4 is 0 Å². The molecule has 0 amide bonds. The molecule has 3 rings (SSSR count). The minimum Gasteiger partial charge on any atom is -0.393 e. The summed E-state index contributed by atoms with van der Waals surface area (Å²) in [6.07, 6.45) is 6.15. The molecule has 2 atom stereocenters. The second kappa shape index (κ2) is 8.06. The minimum absolute atomic E-state index is 0.240. The van der Waals surface area contributed by atoms with Crippen molar-refractivity contribution in [1.29, 1.82) is 0 Å². The van der Waals surface area contributed by atoms with Crippen LogP contribution in [0, 0.1) is 5.92 Å². The minimum atomic E-state index is -0.240. The molecule has 2 heterocycles. The molecule has 1 aliphatic heterocycles. The van der Waals surface area contributed by atoms with Crippen LogP contribution in [0.5, 0.6) is 0 Å². The number of benzene rings is 1. The summed E-state index contributed by atoms with van der Waals surface area (Å²) < 4.78 is 0. The Morgan fingerprint density at radius 1 is 1.17 bits per heavy atom. The molecule has 1 fully saturated rings. The van der Waals surface area contributed by atoms with Crippen molar-refractivity contribution >= 4 is 11.6 Å². The van der Waals surface area contributed by atoms with Gasteiger partial charge >= 0.3 is 0 Å². The molecule has 1 saturated heterocycles. The van der Waals surface area contributed by atoms with Crippen molar-refractivity contribution < 1.29 is 5.11 Å². The summed E-state index contributed by atoms with van der Waals surface area (Å²) in [5.41, 5.74) is 2.36. The van der Waals surface area contributed by atoms with Crippen molar-refractivity contribution in [1.82, 2.24) is 14.9 Å². The summed E-state index contributed by atoms with van der Waals surface area (Å²) in [7, 11) is 0. The Bertz CT molecular complexity index is 645. The van der Waals surface area contributed by atoms with Crippen molar-refractivity contribution in [3.63, 3.8) is 0 Å².